The van der Waals surface area contributed by atoms with Gasteiger partial charge in [0, 0.05) is 23.5 Å². The van der Waals surface area contributed by atoms with E-state index in [4.69, 9.17) is 11.6 Å². The van der Waals surface area contributed by atoms with Crippen molar-refractivity contribution in [1.82, 2.24) is 10.6 Å². The lowest BCUT2D eigenvalue weighted by molar-refractivity contribution is 0.238. The summed E-state index contributed by atoms with van der Waals surface area (Å²) in [5.41, 5.74) is 3.26. The third-order valence-corrected chi connectivity index (χ3v) is 4.10. The molecule has 0 aliphatic heterocycles. The van der Waals surface area contributed by atoms with E-state index in [-0.39, 0.29) is 11.4 Å². The molecule has 0 unspecified atom stereocenters. The second-order valence-electron chi connectivity index (χ2n) is 6.42. The van der Waals surface area contributed by atoms with Crippen LogP contribution in [0.3, 0.4) is 0 Å². The first-order chi connectivity index (χ1) is 10.9. The average Bonchev–Trinajstić information content (AvgIpc) is 2.51. The van der Waals surface area contributed by atoms with Crippen molar-refractivity contribution < 1.29 is 4.79 Å². The standard InChI is InChI=1S/C19H23ClN2O/c1-14-5-4-6-15(11-14)12-21-18(23)22-13-19(2,3)16-7-9-17(20)10-8-16/h4-11H,12-13H2,1-3H3,(H2,21,22,23). The van der Waals surface area contributed by atoms with Crippen LogP contribution in [0.4, 0.5) is 4.79 Å². The van der Waals surface area contributed by atoms with Crippen molar-refractivity contribution in [3.05, 3.63) is 70.2 Å². The number of amides is 2. The molecule has 0 bridgehead atoms. The van der Waals surface area contributed by atoms with Crippen molar-refractivity contribution in [3.63, 3.8) is 0 Å². The molecule has 4 heteroatoms. The molecule has 3 nitrogen and oxygen atoms in total. The van der Waals surface area contributed by atoms with Gasteiger partial charge in [-0.25, -0.2) is 4.79 Å². The lowest BCUT2D eigenvalue weighted by Gasteiger charge is -2.25. The van der Waals surface area contributed by atoms with Crippen LogP contribution < -0.4 is 10.6 Å². The van der Waals surface area contributed by atoms with E-state index in [2.05, 4.69) is 30.5 Å². The molecular weight excluding hydrogens is 308 g/mol. The highest BCUT2D eigenvalue weighted by molar-refractivity contribution is 6.30. The first-order valence-electron chi connectivity index (χ1n) is 7.70. The molecule has 23 heavy (non-hydrogen) atoms. The number of carbonyl (C=O) groups excluding carboxylic acids is 1. The highest BCUT2D eigenvalue weighted by Crippen LogP contribution is 2.23. The van der Waals surface area contributed by atoms with Gasteiger partial charge >= 0.3 is 6.03 Å². The molecule has 0 radical (unpaired) electrons. The van der Waals surface area contributed by atoms with Crippen molar-refractivity contribution in [1.29, 1.82) is 0 Å². The van der Waals surface area contributed by atoms with Crippen molar-refractivity contribution in [2.45, 2.75) is 32.7 Å². The van der Waals surface area contributed by atoms with Crippen molar-refractivity contribution in [3.8, 4) is 0 Å². The molecule has 0 fully saturated rings. The number of hydrogen-bond acceptors (Lipinski definition) is 1. The van der Waals surface area contributed by atoms with Gasteiger partial charge < -0.3 is 10.6 Å². The van der Waals surface area contributed by atoms with Gasteiger partial charge in [-0.2, -0.15) is 0 Å². The predicted octanol–water partition coefficient (Wildman–Crippen LogP) is 4.43. The molecule has 2 aromatic rings. The summed E-state index contributed by atoms with van der Waals surface area (Å²) in [6.07, 6.45) is 0. The van der Waals surface area contributed by atoms with Gasteiger partial charge in [0.05, 0.1) is 0 Å². The summed E-state index contributed by atoms with van der Waals surface area (Å²) in [4.78, 5) is 12.0. The maximum Gasteiger partial charge on any atom is 0.315 e. The van der Waals surface area contributed by atoms with Gasteiger partial charge in [-0.1, -0.05) is 67.4 Å². The first-order valence-corrected chi connectivity index (χ1v) is 8.08. The van der Waals surface area contributed by atoms with E-state index in [0.717, 1.165) is 11.1 Å². The molecular formula is C19H23ClN2O. The average molecular weight is 331 g/mol. The van der Waals surface area contributed by atoms with E-state index in [0.29, 0.717) is 18.1 Å². The van der Waals surface area contributed by atoms with E-state index in [9.17, 15) is 4.79 Å². The summed E-state index contributed by atoms with van der Waals surface area (Å²) in [6, 6.07) is 15.7. The number of halogens is 1. The molecule has 0 atom stereocenters. The van der Waals surface area contributed by atoms with E-state index < -0.39 is 0 Å². The van der Waals surface area contributed by atoms with Gasteiger partial charge in [0.1, 0.15) is 0 Å². The van der Waals surface area contributed by atoms with E-state index >= 15 is 0 Å². The number of urea groups is 1. The molecule has 0 aromatic heterocycles. The second kappa shape index (κ2) is 7.51. The zero-order valence-corrected chi connectivity index (χ0v) is 14.6. The molecule has 2 N–H and O–H groups in total. The number of carbonyl (C=O) groups is 1. The third kappa shape index (κ3) is 5.29. The molecule has 0 saturated carbocycles. The Morgan fingerprint density at radius 3 is 2.43 bits per heavy atom. The summed E-state index contributed by atoms with van der Waals surface area (Å²) in [6.45, 7) is 7.30. The summed E-state index contributed by atoms with van der Waals surface area (Å²) in [7, 11) is 0. The topological polar surface area (TPSA) is 41.1 Å². The first kappa shape index (κ1) is 17.4. The Bertz CT molecular complexity index is 665. The monoisotopic (exact) mass is 330 g/mol. The summed E-state index contributed by atoms with van der Waals surface area (Å²) in [5.74, 6) is 0. The summed E-state index contributed by atoms with van der Waals surface area (Å²) < 4.78 is 0. The summed E-state index contributed by atoms with van der Waals surface area (Å²) >= 11 is 5.92. The van der Waals surface area contributed by atoms with E-state index in [1.807, 2.05) is 49.4 Å². The van der Waals surface area contributed by atoms with Crippen LogP contribution in [0.15, 0.2) is 48.5 Å². The molecule has 122 valence electrons. The van der Waals surface area contributed by atoms with Crippen LogP contribution in [-0.4, -0.2) is 12.6 Å². The fraction of sp³-hybridized carbons (Fsp3) is 0.316. The molecule has 0 aliphatic carbocycles. The van der Waals surface area contributed by atoms with Gasteiger partial charge in [0.2, 0.25) is 0 Å². The van der Waals surface area contributed by atoms with Gasteiger partial charge in [-0.05, 0) is 30.2 Å². The maximum absolute atomic E-state index is 12.0. The van der Waals surface area contributed by atoms with Crippen LogP contribution in [0, 0.1) is 6.92 Å². The number of hydrogen-bond donors (Lipinski definition) is 2. The smallest absolute Gasteiger partial charge is 0.315 e. The minimum absolute atomic E-state index is 0.159. The van der Waals surface area contributed by atoms with Crippen LogP contribution in [-0.2, 0) is 12.0 Å². The van der Waals surface area contributed by atoms with Crippen LogP contribution in [0.25, 0.3) is 0 Å². The minimum Gasteiger partial charge on any atom is -0.337 e. The Morgan fingerprint density at radius 2 is 1.78 bits per heavy atom. The third-order valence-electron chi connectivity index (χ3n) is 3.85. The second-order valence-corrected chi connectivity index (χ2v) is 6.85. The molecule has 2 aromatic carbocycles. The van der Waals surface area contributed by atoms with Crippen LogP contribution in [0.1, 0.15) is 30.5 Å². The molecule has 2 rings (SSSR count). The quantitative estimate of drug-likeness (QED) is 0.836. The van der Waals surface area contributed by atoms with Crippen LogP contribution >= 0.6 is 11.6 Å². The largest absolute Gasteiger partial charge is 0.337 e. The Labute approximate surface area is 143 Å². The number of benzene rings is 2. The lowest BCUT2D eigenvalue weighted by Crippen LogP contribution is -2.42. The highest BCUT2D eigenvalue weighted by atomic mass is 35.5. The fourth-order valence-electron chi connectivity index (χ4n) is 2.37. The van der Waals surface area contributed by atoms with Crippen molar-refractivity contribution in [2.24, 2.45) is 0 Å². The Hall–Kier alpha value is -2.00. The van der Waals surface area contributed by atoms with Crippen molar-refractivity contribution >= 4 is 17.6 Å². The van der Waals surface area contributed by atoms with Gasteiger partial charge in [0.15, 0.2) is 0 Å². The van der Waals surface area contributed by atoms with E-state index in [1.54, 1.807) is 0 Å². The summed E-state index contributed by atoms with van der Waals surface area (Å²) in [5, 5.41) is 6.54. The van der Waals surface area contributed by atoms with Crippen LogP contribution in [0.2, 0.25) is 5.02 Å². The van der Waals surface area contributed by atoms with Crippen LogP contribution in [0.5, 0.6) is 0 Å². The Balaban J connectivity index is 1.84. The lowest BCUT2D eigenvalue weighted by atomic mass is 9.85. The predicted molar refractivity (Wildman–Crippen MR) is 95.9 cm³/mol. The van der Waals surface area contributed by atoms with E-state index in [1.165, 1.54) is 5.56 Å². The zero-order chi connectivity index (χ0) is 16.9. The number of nitrogens with one attached hydrogen (secondary N) is 2. The number of aryl methyl sites for hydroxylation is 1. The Kier molecular flexibility index (Phi) is 5.67. The molecule has 0 aliphatic rings. The van der Waals surface area contributed by atoms with Crippen molar-refractivity contribution in [2.75, 3.05) is 6.54 Å². The molecule has 0 heterocycles. The molecule has 0 spiro atoms. The highest BCUT2D eigenvalue weighted by Gasteiger charge is 2.21. The Morgan fingerprint density at radius 1 is 1.09 bits per heavy atom. The SMILES string of the molecule is Cc1cccc(CNC(=O)NCC(C)(C)c2ccc(Cl)cc2)c1. The minimum atomic E-state index is -0.161. The maximum atomic E-state index is 12.0. The zero-order valence-electron chi connectivity index (χ0n) is 13.8. The van der Waals surface area contributed by atoms with Gasteiger partial charge in [0.25, 0.3) is 0 Å². The number of rotatable bonds is 5. The fourth-order valence-corrected chi connectivity index (χ4v) is 2.50. The van der Waals surface area contributed by atoms with Gasteiger partial charge in [-0.3, -0.25) is 0 Å². The van der Waals surface area contributed by atoms with Gasteiger partial charge in [-0.15, -0.1) is 0 Å². The molecule has 0 saturated heterocycles. The normalized spacial score (nSPS) is 11.1. The molecule has 2 amide bonds.